The monoisotopic (exact) mass is 497 g/mol. The van der Waals surface area contributed by atoms with Gasteiger partial charge in [0.25, 0.3) is 0 Å². The van der Waals surface area contributed by atoms with Crippen LogP contribution < -0.4 is 32.0 Å². The molecule has 172 valence electrons. The molecule has 5 aromatic carbocycles. The van der Waals surface area contributed by atoms with Crippen LogP contribution in [0.3, 0.4) is 0 Å². The second-order valence-corrected chi connectivity index (χ2v) is 12.9. The molecule has 0 aliphatic heterocycles. The molecule has 0 aliphatic carbocycles. The molecule has 0 bridgehead atoms. The second-order valence-electron chi connectivity index (χ2n) is 8.53. The van der Waals surface area contributed by atoms with E-state index in [1.165, 1.54) is 31.9 Å². The fraction of sp³-hybridized carbons (Fsp3) is 0. The molecule has 0 unspecified atom stereocenters. The Morgan fingerprint density at radius 3 is 1.25 bits per heavy atom. The number of pyridine rings is 1. The maximum Gasteiger partial charge on any atom is 0.0735 e. The van der Waals surface area contributed by atoms with Gasteiger partial charge in [0.05, 0.1) is 11.0 Å². The van der Waals surface area contributed by atoms with Crippen molar-refractivity contribution in [3.63, 3.8) is 0 Å². The summed E-state index contributed by atoms with van der Waals surface area (Å²) in [5.41, 5.74) is 2.21. The predicted octanol–water partition coefficient (Wildman–Crippen LogP) is 5.75. The number of hydrogen-bond acceptors (Lipinski definition) is 1. The molecule has 6 aromatic rings. The largest absolute Gasteiger partial charge is 0.247 e. The minimum atomic E-state index is -0.799. The Labute approximate surface area is 215 Å². The van der Waals surface area contributed by atoms with Crippen molar-refractivity contribution < 1.29 is 0 Å². The van der Waals surface area contributed by atoms with Gasteiger partial charge in [-0.1, -0.05) is 140 Å². The van der Waals surface area contributed by atoms with Crippen molar-refractivity contribution in [2.75, 3.05) is 0 Å². The van der Waals surface area contributed by atoms with Crippen LogP contribution in [0, 0.1) is 0 Å². The maximum atomic E-state index is 5.30. The van der Waals surface area contributed by atoms with Gasteiger partial charge in [0, 0.05) is 13.3 Å². The second kappa shape index (κ2) is 10.5. The molecule has 1 nitrogen and oxygen atoms in total. The Balaban J connectivity index is 1.64. The maximum absolute atomic E-state index is 5.30. The highest BCUT2D eigenvalue weighted by Crippen LogP contribution is 2.38. The van der Waals surface area contributed by atoms with Crippen LogP contribution >= 0.6 is 15.8 Å². The Bertz CT molecular complexity index is 1490. The van der Waals surface area contributed by atoms with Crippen LogP contribution in [0.1, 0.15) is 0 Å². The average Bonchev–Trinajstić information content (AvgIpc) is 2.96. The van der Waals surface area contributed by atoms with E-state index in [0.717, 1.165) is 11.0 Å². The zero-order chi connectivity index (χ0) is 24.2. The lowest BCUT2D eigenvalue weighted by Crippen LogP contribution is -2.28. The van der Waals surface area contributed by atoms with Crippen LogP contribution in [0.2, 0.25) is 0 Å². The highest BCUT2D eigenvalue weighted by atomic mass is 31.1. The highest BCUT2D eigenvalue weighted by Gasteiger charge is 2.24. The van der Waals surface area contributed by atoms with Crippen LogP contribution in [-0.2, 0) is 0 Å². The summed E-state index contributed by atoms with van der Waals surface area (Å²) < 4.78 is 0. The molecule has 0 spiro atoms. The standard InChI is InChI=1S/C33H25NP2/c1-5-15-26(16-6-1)35(27-17-7-2-8-18-27)32-25-33(34-31-24-14-13-23-30(31)32)36(28-19-9-3-10-20-28)29-21-11-4-12-22-29/h1-25H. The van der Waals surface area contributed by atoms with Gasteiger partial charge < -0.3 is 0 Å². The van der Waals surface area contributed by atoms with E-state index in [-0.39, 0.29) is 0 Å². The third-order valence-corrected chi connectivity index (χ3v) is 11.0. The number of benzene rings is 5. The van der Waals surface area contributed by atoms with E-state index in [1.54, 1.807) is 0 Å². The van der Waals surface area contributed by atoms with E-state index in [9.17, 15) is 0 Å². The first-order valence-electron chi connectivity index (χ1n) is 12.1. The Kier molecular flexibility index (Phi) is 6.68. The highest BCUT2D eigenvalue weighted by molar-refractivity contribution is 7.81. The molecular weight excluding hydrogens is 472 g/mol. The van der Waals surface area contributed by atoms with Gasteiger partial charge in [0.1, 0.15) is 0 Å². The number of fused-ring (bicyclic) bond motifs is 1. The molecule has 0 aliphatic rings. The first-order valence-corrected chi connectivity index (χ1v) is 14.8. The zero-order valence-electron chi connectivity index (χ0n) is 19.8. The topological polar surface area (TPSA) is 12.9 Å². The molecule has 0 N–H and O–H groups in total. The van der Waals surface area contributed by atoms with Crippen molar-refractivity contribution in [1.82, 2.24) is 4.98 Å². The van der Waals surface area contributed by atoms with E-state index < -0.39 is 15.8 Å². The molecule has 1 aromatic heterocycles. The van der Waals surface area contributed by atoms with Gasteiger partial charge in [0.15, 0.2) is 0 Å². The van der Waals surface area contributed by atoms with Crippen molar-refractivity contribution in [1.29, 1.82) is 0 Å². The van der Waals surface area contributed by atoms with Crippen molar-refractivity contribution in [2.45, 2.75) is 0 Å². The molecule has 0 amide bonds. The average molecular weight is 498 g/mol. The summed E-state index contributed by atoms with van der Waals surface area (Å²) in [5.74, 6) is 0. The van der Waals surface area contributed by atoms with Crippen molar-refractivity contribution >= 4 is 58.7 Å². The van der Waals surface area contributed by atoms with Crippen molar-refractivity contribution in [2.24, 2.45) is 0 Å². The molecule has 0 saturated carbocycles. The van der Waals surface area contributed by atoms with Gasteiger partial charge in [-0.2, -0.15) is 0 Å². The molecule has 0 atom stereocenters. The summed E-state index contributed by atoms with van der Waals surface area (Å²) in [7, 11) is -1.55. The molecular formula is C33H25NP2. The first kappa shape index (κ1) is 22.8. The van der Waals surface area contributed by atoms with E-state index in [2.05, 4.69) is 152 Å². The molecule has 3 heteroatoms. The molecule has 6 rings (SSSR count). The number of aromatic nitrogens is 1. The number of hydrogen-bond donors (Lipinski definition) is 0. The van der Waals surface area contributed by atoms with Gasteiger partial charge in [-0.3, -0.25) is 0 Å². The Hall–Kier alpha value is -3.63. The molecule has 0 fully saturated rings. The lowest BCUT2D eigenvalue weighted by atomic mass is 10.2. The van der Waals surface area contributed by atoms with Crippen LogP contribution in [0.4, 0.5) is 0 Å². The summed E-state index contributed by atoms with van der Waals surface area (Å²) in [4.78, 5) is 5.30. The van der Waals surface area contributed by atoms with Gasteiger partial charge in [-0.05, 0) is 46.6 Å². The smallest absolute Gasteiger partial charge is 0.0735 e. The predicted molar refractivity (Wildman–Crippen MR) is 159 cm³/mol. The fourth-order valence-corrected chi connectivity index (χ4v) is 9.40. The third kappa shape index (κ3) is 4.61. The van der Waals surface area contributed by atoms with Crippen LogP contribution in [0.5, 0.6) is 0 Å². The van der Waals surface area contributed by atoms with Crippen molar-refractivity contribution in [3.05, 3.63) is 152 Å². The van der Waals surface area contributed by atoms with Gasteiger partial charge in [-0.25, -0.2) is 4.98 Å². The number of rotatable bonds is 6. The van der Waals surface area contributed by atoms with E-state index in [1.807, 2.05) is 0 Å². The van der Waals surface area contributed by atoms with E-state index in [4.69, 9.17) is 4.98 Å². The molecule has 0 radical (unpaired) electrons. The normalized spacial score (nSPS) is 11.3. The lowest BCUT2D eigenvalue weighted by Gasteiger charge is -2.24. The zero-order valence-corrected chi connectivity index (χ0v) is 21.6. The minimum Gasteiger partial charge on any atom is -0.247 e. The SMILES string of the molecule is c1ccc(P(c2ccccc2)c2cc(P(c3ccccc3)c3ccccc3)c3ccccc3n2)cc1. The minimum absolute atomic E-state index is 0.754. The first-order chi connectivity index (χ1) is 17.9. The van der Waals surface area contributed by atoms with Crippen LogP contribution in [0.15, 0.2) is 152 Å². The van der Waals surface area contributed by atoms with E-state index in [0.29, 0.717) is 0 Å². The molecule has 0 saturated heterocycles. The Morgan fingerprint density at radius 1 is 0.389 bits per heavy atom. The third-order valence-electron chi connectivity index (χ3n) is 6.21. The molecule has 1 heterocycles. The van der Waals surface area contributed by atoms with Crippen LogP contribution in [0.25, 0.3) is 10.9 Å². The van der Waals surface area contributed by atoms with Gasteiger partial charge >= 0.3 is 0 Å². The quantitative estimate of drug-likeness (QED) is 0.267. The summed E-state index contributed by atoms with van der Waals surface area (Å²) in [5, 5.41) is 7.93. The fourth-order valence-electron chi connectivity index (χ4n) is 4.59. The van der Waals surface area contributed by atoms with Gasteiger partial charge in [0.2, 0.25) is 0 Å². The summed E-state index contributed by atoms with van der Waals surface area (Å²) in [6.45, 7) is 0. The molecule has 36 heavy (non-hydrogen) atoms. The summed E-state index contributed by atoms with van der Waals surface area (Å²) in [6, 6.07) is 54.6. The van der Waals surface area contributed by atoms with E-state index >= 15 is 0 Å². The number of nitrogens with zero attached hydrogens (tertiary/aromatic N) is 1. The number of para-hydroxylation sites is 1. The van der Waals surface area contributed by atoms with Crippen LogP contribution in [-0.4, -0.2) is 4.98 Å². The Morgan fingerprint density at radius 2 is 0.778 bits per heavy atom. The van der Waals surface area contributed by atoms with Crippen molar-refractivity contribution in [3.8, 4) is 0 Å². The lowest BCUT2D eigenvalue weighted by molar-refractivity contribution is 1.49. The summed E-state index contributed by atoms with van der Waals surface area (Å²) in [6.07, 6.45) is 0. The van der Waals surface area contributed by atoms with Gasteiger partial charge in [-0.15, -0.1) is 0 Å². The summed E-state index contributed by atoms with van der Waals surface area (Å²) >= 11 is 0.